The van der Waals surface area contributed by atoms with Crippen molar-refractivity contribution in [3.63, 3.8) is 0 Å². The van der Waals surface area contributed by atoms with Crippen LogP contribution in [0.2, 0.25) is 0 Å². The summed E-state index contributed by atoms with van der Waals surface area (Å²) in [6.45, 7) is 8.61. The van der Waals surface area contributed by atoms with Crippen LogP contribution < -0.4 is 15.5 Å². The first-order valence-corrected chi connectivity index (χ1v) is 9.95. The Morgan fingerprint density at radius 3 is 2.52 bits per heavy atom. The number of carbonyl (C=O) groups is 2. The van der Waals surface area contributed by atoms with Gasteiger partial charge in [0, 0.05) is 25.2 Å². The Hall–Kier alpha value is -2.11. The normalized spacial score (nSPS) is 21.9. The first-order valence-electron chi connectivity index (χ1n) is 9.95. The van der Waals surface area contributed by atoms with Gasteiger partial charge < -0.3 is 10.2 Å². The number of anilines is 2. The Bertz CT molecular complexity index is 711. The van der Waals surface area contributed by atoms with E-state index in [9.17, 15) is 14.0 Å². The van der Waals surface area contributed by atoms with Crippen molar-refractivity contribution < 1.29 is 14.0 Å². The molecule has 148 valence electrons. The summed E-state index contributed by atoms with van der Waals surface area (Å²) in [6.07, 6.45) is 4.04. The maximum atomic E-state index is 14.7. The highest BCUT2D eigenvalue weighted by atomic mass is 19.1. The molecule has 0 aliphatic carbocycles. The monoisotopic (exact) mass is 375 g/mol. The van der Waals surface area contributed by atoms with Crippen LogP contribution in [0.4, 0.5) is 15.8 Å². The molecular formula is C21H30FN3O2. The lowest BCUT2D eigenvalue weighted by molar-refractivity contribution is -0.133. The SMILES string of the molecule is CCC(C)(C)C1CCN(c2ccc(NC3CCC(=O)NC3=O)cc2F)CC1. The molecule has 1 atom stereocenters. The summed E-state index contributed by atoms with van der Waals surface area (Å²) >= 11 is 0. The van der Waals surface area contributed by atoms with Gasteiger partial charge in [0.1, 0.15) is 11.9 Å². The third-order valence-electron chi connectivity index (χ3n) is 6.38. The molecule has 0 saturated carbocycles. The number of hydrogen-bond donors (Lipinski definition) is 2. The molecular weight excluding hydrogens is 345 g/mol. The first-order chi connectivity index (χ1) is 12.8. The van der Waals surface area contributed by atoms with Crippen LogP contribution in [0.3, 0.4) is 0 Å². The molecule has 0 bridgehead atoms. The van der Waals surface area contributed by atoms with Crippen molar-refractivity contribution in [1.29, 1.82) is 0 Å². The van der Waals surface area contributed by atoms with E-state index in [2.05, 4.69) is 36.3 Å². The lowest BCUT2D eigenvalue weighted by atomic mass is 9.72. The van der Waals surface area contributed by atoms with Crippen molar-refractivity contribution in [2.24, 2.45) is 11.3 Å². The highest BCUT2D eigenvalue weighted by Gasteiger charge is 2.32. The third-order valence-corrected chi connectivity index (χ3v) is 6.38. The standard InChI is InChI=1S/C21H30FN3O2/c1-4-21(2,3)14-9-11-25(12-10-14)18-7-5-15(13-16(18)22)23-17-6-8-19(26)24-20(17)27/h5,7,13-14,17,23H,4,6,8-12H2,1-3H3,(H,24,26,27). The van der Waals surface area contributed by atoms with Crippen molar-refractivity contribution >= 4 is 23.2 Å². The highest BCUT2D eigenvalue weighted by molar-refractivity contribution is 6.01. The summed E-state index contributed by atoms with van der Waals surface area (Å²) in [7, 11) is 0. The average Bonchev–Trinajstić information content (AvgIpc) is 2.64. The first kappa shape index (κ1) is 19.6. The van der Waals surface area contributed by atoms with Crippen molar-refractivity contribution in [3.8, 4) is 0 Å². The minimum atomic E-state index is -0.500. The lowest BCUT2D eigenvalue weighted by Crippen LogP contribution is -2.47. The number of carbonyl (C=O) groups excluding carboxylic acids is 2. The number of imide groups is 1. The molecule has 6 heteroatoms. The van der Waals surface area contributed by atoms with E-state index >= 15 is 0 Å². The van der Waals surface area contributed by atoms with Crippen LogP contribution in [-0.4, -0.2) is 30.9 Å². The zero-order valence-corrected chi connectivity index (χ0v) is 16.5. The van der Waals surface area contributed by atoms with E-state index in [-0.39, 0.29) is 17.6 Å². The number of benzene rings is 1. The predicted octanol–water partition coefficient (Wildman–Crippen LogP) is 3.70. The lowest BCUT2D eigenvalue weighted by Gasteiger charge is -2.41. The smallest absolute Gasteiger partial charge is 0.249 e. The van der Waals surface area contributed by atoms with Crippen molar-refractivity contribution in [1.82, 2.24) is 5.32 Å². The summed E-state index contributed by atoms with van der Waals surface area (Å²) in [4.78, 5) is 25.2. The summed E-state index contributed by atoms with van der Waals surface area (Å²) < 4.78 is 14.7. The Morgan fingerprint density at radius 2 is 1.93 bits per heavy atom. The zero-order chi connectivity index (χ0) is 19.6. The summed E-state index contributed by atoms with van der Waals surface area (Å²) in [5.74, 6) is -0.207. The van der Waals surface area contributed by atoms with Crippen LogP contribution in [-0.2, 0) is 9.59 Å². The number of rotatable bonds is 5. The Balaban J connectivity index is 1.62. The van der Waals surface area contributed by atoms with E-state index in [4.69, 9.17) is 0 Å². The molecule has 0 radical (unpaired) electrons. The van der Waals surface area contributed by atoms with E-state index in [1.54, 1.807) is 6.07 Å². The molecule has 1 aromatic rings. The Kier molecular flexibility index (Phi) is 5.72. The van der Waals surface area contributed by atoms with Gasteiger partial charge in [-0.05, 0) is 48.8 Å². The largest absolute Gasteiger partial charge is 0.374 e. The molecule has 2 aliphatic rings. The maximum Gasteiger partial charge on any atom is 0.249 e. The second-order valence-electron chi connectivity index (χ2n) is 8.42. The van der Waals surface area contributed by atoms with Gasteiger partial charge in [-0.15, -0.1) is 0 Å². The minimum absolute atomic E-state index is 0.255. The van der Waals surface area contributed by atoms with E-state index in [1.165, 1.54) is 6.07 Å². The molecule has 27 heavy (non-hydrogen) atoms. The number of nitrogens with zero attached hydrogens (tertiary/aromatic N) is 1. The molecule has 0 spiro atoms. The summed E-state index contributed by atoms with van der Waals surface area (Å²) in [5, 5.41) is 5.34. The van der Waals surface area contributed by atoms with E-state index in [1.807, 2.05) is 6.07 Å². The number of halogens is 1. The van der Waals surface area contributed by atoms with Gasteiger partial charge in [-0.1, -0.05) is 27.2 Å². The molecule has 2 heterocycles. The quantitative estimate of drug-likeness (QED) is 0.771. The van der Waals surface area contributed by atoms with Crippen molar-refractivity contribution in [2.75, 3.05) is 23.3 Å². The number of nitrogens with one attached hydrogen (secondary N) is 2. The molecule has 1 aromatic carbocycles. The third kappa shape index (κ3) is 4.42. The number of hydrogen-bond acceptors (Lipinski definition) is 4. The predicted molar refractivity (Wildman–Crippen MR) is 105 cm³/mol. The van der Waals surface area contributed by atoms with Crippen LogP contribution in [0.15, 0.2) is 18.2 Å². The molecule has 2 N–H and O–H groups in total. The van der Waals surface area contributed by atoms with Gasteiger partial charge in [-0.25, -0.2) is 4.39 Å². The van der Waals surface area contributed by atoms with E-state index in [0.717, 1.165) is 32.4 Å². The molecule has 2 amide bonds. The summed E-state index contributed by atoms with van der Waals surface area (Å²) in [5.41, 5.74) is 1.52. The second kappa shape index (κ2) is 7.87. The molecule has 3 rings (SSSR count). The van der Waals surface area contributed by atoms with Crippen LogP contribution in [0.1, 0.15) is 52.9 Å². The van der Waals surface area contributed by atoms with Gasteiger partial charge >= 0.3 is 0 Å². The van der Waals surface area contributed by atoms with Crippen LogP contribution in [0, 0.1) is 17.2 Å². The van der Waals surface area contributed by atoms with Crippen molar-refractivity contribution in [3.05, 3.63) is 24.0 Å². The van der Waals surface area contributed by atoms with Crippen LogP contribution in [0.5, 0.6) is 0 Å². The highest BCUT2D eigenvalue weighted by Crippen LogP contribution is 2.39. The molecule has 0 aromatic heterocycles. The van der Waals surface area contributed by atoms with Gasteiger partial charge in [0.25, 0.3) is 0 Å². The van der Waals surface area contributed by atoms with Gasteiger partial charge in [0.05, 0.1) is 5.69 Å². The Labute approximate surface area is 160 Å². The Morgan fingerprint density at radius 1 is 1.22 bits per heavy atom. The van der Waals surface area contributed by atoms with Gasteiger partial charge in [-0.2, -0.15) is 0 Å². The topological polar surface area (TPSA) is 61.4 Å². The minimum Gasteiger partial charge on any atom is -0.374 e. The fourth-order valence-electron chi connectivity index (χ4n) is 4.08. The fourth-order valence-corrected chi connectivity index (χ4v) is 4.08. The van der Waals surface area contributed by atoms with Crippen molar-refractivity contribution in [2.45, 2.75) is 58.9 Å². The second-order valence-corrected chi connectivity index (χ2v) is 8.42. The molecule has 2 saturated heterocycles. The summed E-state index contributed by atoms with van der Waals surface area (Å²) in [6, 6.07) is 4.54. The van der Waals surface area contributed by atoms with E-state index < -0.39 is 6.04 Å². The molecule has 2 fully saturated rings. The van der Waals surface area contributed by atoms with E-state index in [0.29, 0.717) is 35.5 Å². The molecule has 5 nitrogen and oxygen atoms in total. The zero-order valence-electron chi connectivity index (χ0n) is 16.5. The number of piperidine rings is 2. The maximum absolute atomic E-state index is 14.7. The van der Waals surface area contributed by atoms with Crippen LogP contribution in [0.25, 0.3) is 0 Å². The molecule has 1 unspecified atom stereocenters. The van der Waals surface area contributed by atoms with Gasteiger partial charge in [-0.3, -0.25) is 14.9 Å². The van der Waals surface area contributed by atoms with Gasteiger partial charge in [0.15, 0.2) is 0 Å². The molecule has 2 aliphatic heterocycles. The fraction of sp³-hybridized carbons (Fsp3) is 0.619. The van der Waals surface area contributed by atoms with Crippen LogP contribution >= 0.6 is 0 Å². The van der Waals surface area contributed by atoms with Gasteiger partial charge in [0.2, 0.25) is 11.8 Å². The number of amides is 2. The average molecular weight is 375 g/mol.